The van der Waals surface area contributed by atoms with Crippen LogP contribution in [0.3, 0.4) is 0 Å². The van der Waals surface area contributed by atoms with E-state index in [1.54, 1.807) is 17.9 Å². The molecule has 0 spiro atoms. The Morgan fingerprint density at radius 3 is 2.13 bits per heavy atom. The molecular weight excluding hydrogens is 288 g/mol. The zero-order chi connectivity index (χ0) is 17.7. The van der Waals surface area contributed by atoms with Crippen molar-refractivity contribution >= 4 is 5.91 Å². The average molecular weight is 318 g/mol. The molecule has 4 heteroatoms. The molecule has 0 fully saturated rings. The predicted octanol–water partition coefficient (Wildman–Crippen LogP) is 3.17. The van der Waals surface area contributed by atoms with Gasteiger partial charge in [0.1, 0.15) is 0 Å². The molecular formula is C19H30N2O2. The third-order valence-corrected chi connectivity index (χ3v) is 2.87. The third-order valence-electron chi connectivity index (χ3n) is 2.87. The van der Waals surface area contributed by atoms with Gasteiger partial charge < -0.3 is 9.64 Å². The van der Waals surface area contributed by atoms with E-state index in [2.05, 4.69) is 31.2 Å². The summed E-state index contributed by atoms with van der Waals surface area (Å²) in [5.41, 5.74) is 1.53. The van der Waals surface area contributed by atoms with Crippen molar-refractivity contribution in [1.29, 1.82) is 0 Å². The van der Waals surface area contributed by atoms with E-state index < -0.39 is 0 Å². The minimum atomic E-state index is -0.0534. The second kappa shape index (κ2) is 12.6. The van der Waals surface area contributed by atoms with Crippen LogP contribution >= 0.6 is 0 Å². The molecule has 0 saturated heterocycles. The molecule has 0 bridgehead atoms. The van der Waals surface area contributed by atoms with Crippen molar-refractivity contribution in [2.45, 2.75) is 13.8 Å². The smallest absolute Gasteiger partial charge is 0.249 e. The Morgan fingerprint density at radius 2 is 1.61 bits per heavy atom. The maximum Gasteiger partial charge on any atom is 0.249 e. The third kappa shape index (κ3) is 10.4. The number of rotatable bonds is 13. The summed E-state index contributed by atoms with van der Waals surface area (Å²) in [5, 5.41) is 0. The molecule has 0 rings (SSSR count). The van der Waals surface area contributed by atoms with Crippen molar-refractivity contribution in [3.05, 3.63) is 61.8 Å². The second-order valence-electron chi connectivity index (χ2n) is 5.51. The predicted molar refractivity (Wildman–Crippen MR) is 98.1 cm³/mol. The number of ether oxygens (including phenoxy) is 1. The van der Waals surface area contributed by atoms with Gasteiger partial charge in [0, 0.05) is 31.8 Å². The van der Waals surface area contributed by atoms with Crippen molar-refractivity contribution in [3.8, 4) is 0 Å². The molecule has 0 saturated carbocycles. The molecule has 1 amide bonds. The summed E-state index contributed by atoms with van der Waals surface area (Å²) < 4.78 is 5.55. The fourth-order valence-electron chi connectivity index (χ4n) is 1.80. The highest BCUT2D eigenvalue weighted by atomic mass is 16.5. The number of amides is 1. The van der Waals surface area contributed by atoms with Crippen molar-refractivity contribution in [2.75, 3.05) is 39.5 Å². The van der Waals surface area contributed by atoms with Crippen molar-refractivity contribution in [1.82, 2.24) is 9.80 Å². The summed E-state index contributed by atoms with van der Waals surface area (Å²) in [6.45, 7) is 22.2. The van der Waals surface area contributed by atoms with Crippen LogP contribution in [0.1, 0.15) is 13.8 Å². The number of carbonyl (C=O) groups excluding carboxylic acids is 1. The van der Waals surface area contributed by atoms with E-state index >= 15 is 0 Å². The second-order valence-corrected chi connectivity index (χ2v) is 5.51. The maximum absolute atomic E-state index is 12.0. The first-order valence-corrected chi connectivity index (χ1v) is 7.68. The Balaban J connectivity index is 4.39. The molecule has 0 aromatic heterocycles. The normalized spacial score (nSPS) is 10.7. The standard InChI is InChI=1S/C19H30N2O2/c1-7-11-20(16-23-15-17(3)4)13-9-10-14-21(12-8-2)19(22)18(5)6/h7-10H,1-3,5,11-16H2,4,6H3/b10-9+. The zero-order valence-electron chi connectivity index (χ0n) is 14.6. The van der Waals surface area contributed by atoms with Crippen LogP contribution < -0.4 is 0 Å². The first-order chi connectivity index (χ1) is 10.9. The van der Waals surface area contributed by atoms with Gasteiger partial charge in [0.25, 0.3) is 0 Å². The minimum absolute atomic E-state index is 0.0534. The average Bonchev–Trinajstić information content (AvgIpc) is 2.49. The fourth-order valence-corrected chi connectivity index (χ4v) is 1.80. The van der Waals surface area contributed by atoms with E-state index in [9.17, 15) is 4.79 Å². The zero-order valence-corrected chi connectivity index (χ0v) is 14.6. The molecule has 0 atom stereocenters. The van der Waals surface area contributed by atoms with E-state index in [-0.39, 0.29) is 5.91 Å². The Bertz CT molecular complexity index is 452. The Labute approximate surface area is 141 Å². The van der Waals surface area contributed by atoms with Crippen molar-refractivity contribution < 1.29 is 9.53 Å². The largest absolute Gasteiger partial charge is 0.362 e. The van der Waals surface area contributed by atoms with Gasteiger partial charge in [-0.25, -0.2) is 0 Å². The first kappa shape index (κ1) is 21.1. The molecule has 0 aromatic carbocycles. The van der Waals surface area contributed by atoms with E-state index in [1.165, 1.54) is 0 Å². The molecule has 0 heterocycles. The highest BCUT2D eigenvalue weighted by Crippen LogP contribution is 2.00. The van der Waals surface area contributed by atoms with Crippen LogP contribution in [0, 0.1) is 0 Å². The van der Waals surface area contributed by atoms with E-state index in [0.717, 1.165) is 18.7 Å². The number of hydrogen-bond acceptors (Lipinski definition) is 3. The SMILES string of the molecule is C=CCN(C/C=C/CN(CC=C)C(=O)C(=C)C)COCC(=C)C. The van der Waals surface area contributed by atoms with E-state index in [4.69, 9.17) is 4.74 Å². The molecule has 0 radical (unpaired) electrons. The van der Waals surface area contributed by atoms with Gasteiger partial charge in [-0.2, -0.15) is 0 Å². The Morgan fingerprint density at radius 1 is 1.00 bits per heavy atom. The summed E-state index contributed by atoms with van der Waals surface area (Å²) in [6, 6.07) is 0. The van der Waals surface area contributed by atoms with E-state index in [1.807, 2.05) is 25.2 Å². The fraction of sp³-hybridized carbons (Fsp3) is 0.421. The summed E-state index contributed by atoms with van der Waals surface area (Å²) >= 11 is 0. The van der Waals surface area contributed by atoms with Gasteiger partial charge in [-0.05, 0) is 13.8 Å². The molecule has 0 aliphatic rings. The molecule has 0 unspecified atom stereocenters. The van der Waals surface area contributed by atoms with E-state index in [0.29, 0.717) is 32.0 Å². The summed E-state index contributed by atoms with van der Waals surface area (Å²) in [7, 11) is 0. The molecule has 0 aromatic rings. The number of nitrogens with zero attached hydrogens (tertiary/aromatic N) is 2. The van der Waals surface area contributed by atoms with Crippen LogP contribution in [0.5, 0.6) is 0 Å². The van der Waals surface area contributed by atoms with Gasteiger partial charge >= 0.3 is 0 Å². The molecule has 0 aliphatic heterocycles. The lowest BCUT2D eigenvalue weighted by Crippen LogP contribution is -2.32. The lowest BCUT2D eigenvalue weighted by atomic mass is 10.3. The summed E-state index contributed by atoms with van der Waals surface area (Å²) in [6.07, 6.45) is 7.55. The lowest BCUT2D eigenvalue weighted by Gasteiger charge is -2.20. The van der Waals surface area contributed by atoms with Crippen LogP contribution in [0.2, 0.25) is 0 Å². The number of hydrogen-bond donors (Lipinski definition) is 0. The molecule has 0 N–H and O–H groups in total. The Kier molecular flexibility index (Phi) is 11.6. The van der Waals surface area contributed by atoms with Crippen LogP contribution in [0.15, 0.2) is 61.8 Å². The maximum atomic E-state index is 12.0. The highest BCUT2D eigenvalue weighted by molar-refractivity contribution is 5.92. The molecule has 4 nitrogen and oxygen atoms in total. The van der Waals surface area contributed by atoms with Crippen LogP contribution in [-0.2, 0) is 9.53 Å². The highest BCUT2D eigenvalue weighted by Gasteiger charge is 2.10. The van der Waals surface area contributed by atoms with Gasteiger partial charge in [-0.3, -0.25) is 9.69 Å². The van der Waals surface area contributed by atoms with Gasteiger partial charge in [0.15, 0.2) is 0 Å². The van der Waals surface area contributed by atoms with Gasteiger partial charge in [-0.15, -0.1) is 13.2 Å². The van der Waals surface area contributed by atoms with Crippen molar-refractivity contribution in [2.24, 2.45) is 0 Å². The van der Waals surface area contributed by atoms with Crippen LogP contribution in [0.4, 0.5) is 0 Å². The van der Waals surface area contributed by atoms with Gasteiger partial charge in [0.05, 0.1) is 13.3 Å². The summed E-state index contributed by atoms with van der Waals surface area (Å²) in [4.78, 5) is 15.8. The number of carbonyl (C=O) groups is 1. The lowest BCUT2D eigenvalue weighted by molar-refractivity contribution is -0.126. The van der Waals surface area contributed by atoms with Crippen molar-refractivity contribution in [3.63, 3.8) is 0 Å². The van der Waals surface area contributed by atoms with Gasteiger partial charge in [0.2, 0.25) is 5.91 Å². The monoisotopic (exact) mass is 318 g/mol. The molecule has 128 valence electrons. The quantitative estimate of drug-likeness (QED) is 0.297. The molecule has 0 aliphatic carbocycles. The van der Waals surface area contributed by atoms with Gasteiger partial charge in [-0.1, -0.05) is 43.0 Å². The van der Waals surface area contributed by atoms with Crippen LogP contribution in [-0.4, -0.2) is 55.2 Å². The Hall–Kier alpha value is -1.91. The molecule has 23 heavy (non-hydrogen) atoms. The summed E-state index contributed by atoms with van der Waals surface area (Å²) in [5.74, 6) is -0.0534. The topological polar surface area (TPSA) is 32.8 Å². The minimum Gasteiger partial charge on any atom is -0.362 e. The first-order valence-electron chi connectivity index (χ1n) is 7.68. The van der Waals surface area contributed by atoms with Crippen LogP contribution in [0.25, 0.3) is 0 Å².